The third-order valence-corrected chi connectivity index (χ3v) is 4.96. The Morgan fingerprint density at radius 3 is 2.93 bits per heavy atom. The number of nitrogens with zero attached hydrogens (tertiary/aromatic N) is 1. The second-order valence-corrected chi connectivity index (χ2v) is 5.54. The fourth-order valence-electron chi connectivity index (χ4n) is 1.25. The van der Waals surface area contributed by atoms with E-state index in [1.54, 1.807) is 3.97 Å². The van der Waals surface area contributed by atoms with Crippen LogP contribution < -0.4 is 0 Å². The van der Waals surface area contributed by atoms with Gasteiger partial charge in [0.2, 0.25) is 0 Å². The van der Waals surface area contributed by atoms with Crippen LogP contribution >= 0.6 is 57.9 Å². The Hall–Kier alpha value is 0.540. The number of aromatic nitrogens is 1. The van der Waals surface area contributed by atoms with Gasteiger partial charge in [-0.05, 0) is 28.1 Å². The highest BCUT2D eigenvalue weighted by atomic mass is 127. The number of fused-ring (bicyclic) bond motifs is 1. The van der Waals surface area contributed by atoms with Crippen molar-refractivity contribution in [3.63, 3.8) is 0 Å². The molecule has 0 atom stereocenters. The predicted molar refractivity (Wildman–Crippen MR) is 71.6 cm³/mol. The number of hydrogen-bond donors (Lipinski definition) is 0. The number of halogens is 4. The van der Waals surface area contributed by atoms with E-state index in [1.807, 2.05) is 12.3 Å². The van der Waals surface area contributed by atoms with E-state index in [9.17, 15) is 4.39 Å². The topological polar surface area (TPSA) is 4.93 Å². The third-order valence-electron chi connectivity index (χ3n) is 1.85. The zero-order valence-electron chi connectivity index (χ0n) is 6.60. The monoisotopic (exact) mass is 405 g/mol. The van der Waals surface area contributed by atoms with E-state index in [4.69, 9.17) is 11.6 Å². The van der Waals surface area contributed by atoms with Crippen LogP contribution in [0.4, 0.5) is 4.39 Å². The molecule has 1 aromatic carbocycles. The molecule has 0 aliphatic carbocycles. The Kier molecular flexibility index (Phi) is 3.30. The largest absolute Gasteiger partial charge is 0.279 e. The van der Waals surface area contributed by atoms with Crippen molar-refractivity contribution in [2.24, 2.45) is 0 Å². The van der Waals surface area contributed by atoms with Gasteiger partial charge in [-0.25, -0.2) is 4.39 Å². The van der Waals surface area contributed by atoms with E-state index in [1.165, 1.54) is 15.2 Å². The minimum Gasteiger partial charge on any atom is -0.279 e. The van der Waals surface area contributed by atoms with Crippen molar-refractivity contribution in [2.45, 2.75) is 0 Å². The molecule has 2 rings (SSSR count). The zero-order valence-corrected chi connectivity index (χ0v) is 11.9. The molecule has 0 radical (unpaired) electrons. The Bertz CT molecular complexity index is 502. The summed E-state index contributed by atoms with van der Waals surface area (Å²) in [5, 5.41) is 1.19. The first-order chi connectivity index (χ1) is 6.65. The van der Waals surface area contributed by atoms with Crippen molar-refractivity contribution in [3.05, 3.63) is 33.6 Å². The van der Waals surface area contributed by atoms with Gasteiger partial charge in [-0.15, -0.1) is 0 Å². The first-order valence-electron chi connectivity index (χ1n) is 3.58. The van der Waals surface area contributed by atoms with Crippen LogP contribution in [0.1, 0.15) is 0 Å². The molecular weight excluding hydrogens is 403 g/mol. The van der Waals surface area contributed by atoms with Crippen LogP contribution in [0.25, 0.3) is 10.9 Å². The molecule has 6 heteroatoms. The Labute approximate surface area is 110 Å². The summed E-state index contributed by atoms with van der Waals surface area (Å²) in [5.74, 6) is -0.303. The molecule has 0 bridgehead atoms. The van der Waals surface area contributed by atoms with Gasteiger partial charge in [-0.2, -0.15) is 0 Å². The summed E-state index contributed by atoms with van der Waals surface area (Å²) in [4.78, 5) is 0. The summed E-state index contributed by atoms with van der Waals surface area (Å²) in [6.45, 7) is 0. The van der Waals surface area contributed by atoms with Gasteiger partial charge in [0.15, 0.2) is 0 Å². The van der Waals surface area contributed by atoms with Crippen LogP contribution in [-0.2, 0) is 0 Å². The molecular formula is C8H3BrClFINS. The summed E-state index contributed by atoms with van der Waals surface area (Å²) >= 11 is 11.3. The highest BCUT2D eigenvalue weighted by molar-refractivity contribution is 14.2. The van der Waals surface area contributed by atoms with Gasteiger partial charge in [0, 0.05) is 46.4 Å². The van der Waals surface area contributed by atoms with Crippen molar-refractivity contribution in [2.75, 3.05) is 0 Å². The summed E-state index contributed by atoms with van der Waals surface area (Å²) in [5.41, 5.74) is 0.556. The molecule has 0 fully saturated rings. The molecule has 0 N–H and O–H groups in total. The molecule has 0 spiro atoms. The lowest BCUT2D eigenvalue weighted by Gasteiger charge is -2.02. The van der Waals surface area contributed by atoms with Crippen molar-refractivity contribution >= 4 is 68.8 Å². The van der Waals surface area contributed by atoms with Crippen LogP contribution in [0.3, 0.4) is 0 Å². The summed E-state index contributed by atoms with van der Waals surface area (Å²) < 4.78 is 16.1. The molecule has 0 aliphatic rings. The first kappa shape index (κ1) is 11.0. The second kappa shape index (κ2) is 4.19. The molecule has 0 amide bonds. The van der Waals surface area contributed by atoms with E-state index in [2.05, 4.69) is 37.1 Å². The quantitative estimate of drug-likeness (QED) is 0.474. The maximum Gasteiger partial charge on any atom is 0.149 e. The number of hydrogen-bond acceptors (Lipinski definition) is 1. The number of rotatable bonds is 1. The molecule has 1 nitrogen and oxygen atoms in total. The van der Waals surface area contributed by atoms with Gasteiger partial charge in [-0.3, -0.25) is 3.97 Å². The van der Waals surface area contributed by atoms with Crippen molar-refractivity contribution in [3.8, 4) is 0 Å². The fraction of sp³-hybridized carbons (Fsp3) is 0. The lowest BCUT2D eigenvalue weighted by molar-refractivity contribution is 0.636. The maximum atomic E-state index is 13.6. The van der Waals surface area contributed by atoms with Gasteiger partial charge in [-0.1, -0.05) is 11.6 Å². The standard InChI is InChI=1S/C8H3BrClFINS/c9-7-4-1-2-13(14-12)8(4)6(11)3-5(7)10/h1-3H. The highest BCUT2D eigenvalue weighted by Crippen LogP contribution is 2.36. The Morgan fingerprint density at radius 2 is 2.29 bits per heavy atom. The van der Waals surface area contributed by atoms with Crippen molar-refractivity contribution < 1.29 is 4.39 Å². The van der Waals surface area contributed by atoms with E-state index in [0.717, 1.165) is 9.86 Å². The average molecular weight is 406 g/mol. The van der Waals surface area contributed by atoms with E-state index < -0.39 is 0 Å². The van der Waals surface area contributed by atoms with Gasteiger partial charge in [0.05, 0.1) is 10.5 Å². The first-order valence-corrected chi connectivity index (χ1v) is 8.07. The maximum absolute atomic E-state index is 13.6. The molecule has 1 aromatic heterocycles. The van der Waals surface area contributed by atoms with Crippen LogP contribution in [0, 0.1) is 5.82 Å². The molecule has 74 valence electrons. The molecule has 0 saturated heterocycles. The van der Waals surface area contributed by atoms with E-state index in [-0.39, 0.29) is 5.82 Å². The molecule has 1 heterocycles. The summed E-state index contributed by atoms with van der Waals surface area (Å²) in [6, 6.07) is 3.15. The van der Waals surface area contributed by atoms with Gasteiger partial charge in [0.25, 0.3) is 0 Å². The highest BCUT2D eigenvalue weighted by Gasteiger charge is 2.12. The minimum absolute atomic E-state index is 0.303. The lowest BCUT2D eigenvalue weighted by Crippen LogP contribution is -1.85. The normalized spacial score (nSPS) is 11.1. The minimum atomic E-state index is -0.303. The third kappa shape index (κ3) is 1.68. The summed E-state index contributed by atoms with van der Waals surface area (Å²) in [7, 11) is 1.42. The molecule has 2 aromatic rings. The lowest BCUT2D eigenvalue weighted by atomic mass is 10.2. The van der Waals surface area contributed by atoms with Crippen LogP contribution in [0.2, 0.25) is 5.02 Å². The molecule has 14 heavy (non-hydrogen) atoms. The van der Waals surface area contributed by atoms with E-state index >= 15 is 0 Å². The predicted octanol–water partition coefficient (Wildman–Crippen LogP) is 5.04. The molecule has 0 unspecified atom stereocenters. The smallest absolute Gasteiger partial charge is 0.149 e. The van der Waals surface area contributed by atoms with Crippen molar-refractivity contribution in [1.29, 1.82) is 0 Å². The molecule has 0 saturated carbocycles. The van der Waals surface area contributed by atoms with Crippen LogP contribution in [0.15, 0.2) is 22.8 Å². The van der Waals surface area contributed by atoms with Gasteiger partial charge in [0.1, 0.15) is 5.82 Å². The van der Waals surface area contributed by atoms with Crippen LogP contribution in [-0.4, -0.2) is 3.97 Å². The van der Waals surface area contributed by atoms with Crippen molar-refractivity contribution in [1.82, 2.24) is 3.97 Å². The SMILES string of the molecule is Fc1cc(Cl)c(Br)c2ccn(SI)c12. The Balaban J connectivity index is 2.90. The number of benzene rings is 1. The van der Waals surface area contributed by atoms with Crippen LogP contribution in [0.5, 0.6) is 0 Å². The average Bonchev–Trinajstić information content (AvgIpc) is 2.58. The van der Waals surface area contributed by atoms with E-state index in [0.29, 0.717) is 10.5 Å². The molecule has 0 aliphatic heterocycles. The Morgan fingerprint density at radius 1 is 1.57 bits per heavy atom. The van der Waals surface area contributed by atoms with Gasteiger partial charge >= 0.3 is 0 Å². The summed E-state index contributed by atoms with van der Waals surface area (Å²) in [6.07, 6.45) is 1.81. The second-order valence-electron chi connectivity index (χ2n) is 2.63. The zero-order chi connectivity index (χ0) is 10.3. The van der Waals surface area contributed by atoms with Gasteiger partial charge < -0.3 is 0 Å². The fourth-order valence-corrected chi connectivity index (χ4v) is 3.23.